The predicted molar refractivity (Wildman–Crippen MR) is 78.5 cm³/mol. The van der Waals surface area contributed by atoms with Gasteiger partial charge >= 0.3 is 0 Å². The van der Waals surface area contributed by atoms with Crippen LogP contribution in [0.25, 0.3) is 0 Å². The van der Waals surface area contributed by atoms with Crippen LogP contribution in [0.4, 0.5) is 0 Å². The average Bonchev–Trinajstić information content (AvgIpc) is 2.84. The van der Waals surface area contributed by atoms with Gasteiger partial charge in [0.1, 0.15) is 5.78 Å². The lowest BCUT2D eigenvalue weighted by molar-refractivity contribution is -0.120. The van der Waals surface area contributed by atoms with E-state index in [2.05, 4.69) is 25.1 Å². The molecule has 2 aliphatic rings. The van der Waals surface area contributed by atoms with E-state index in [0.29, 0.717) is 17.6 Å². The van der Waals surface area contributed by atoms with E-state index >= 15 is 0 Å². The van der Waals surface area contributed by atoms with Crippen molar-refractivity contribution in [1.82, 2.24) is 0 Å². The minimum atomic E-state index is 0.339. The van der Waals surface area contributed by atoms with Crippen molar-refractivity contribution in [2.75, 3.05) is 0 Å². The van der Waals surface area contributed by atoms with Crippen molar-refractivity contribution in [2.24, 2.45) is 5.92 Å². The SMILES string of the molecule is CC(CC1CCCC1=O)c1ccc2c(c1)CCCC2. The number of aryl methyl sites for hydroxylation is 2. The smallest absolute Gasteiger partial charge is 0.135 e. The minimum absolute atomic E-state index is 0.339. The van der Waals surface area contributed by atoms with Crippen molar-refractivity contribution in [2.45, 2.75) is 64.2 Å². The molecule has 0 aliphatic heterocycles. The Labute approximate surface area is 116 Å². The molecule has 1 saturated carbocycles. The van der Waals surface area contributed by atoms with Gasteiger partial charge in [0.15, 0.2) is 0 Å². The molecule has 0 saturated heterocycles. The van der Waals surface area contributed by atoms with E-state index < -0.39 is 0 Å². The Balaban J connectivity index is 1.72. The van der Waals surface area contributed by atoms with E-state index in [4.69, 9.17) is 0 Å². The van der Waals surface area contributed by atoms with Gasteiger partial charge in [0, 0.05) is 12.3 Å². The van der Waals surface area contributed by atoms with E-state index in [1.54, 1.807) is 11.1 Å². The van der Waals surface area contributed by atoms with Crippen LogP contribution in [-0.4, -0.2) is 5.78 Å². The van der Waals surface area contributed by atoms with Crippen molar-refractivity contribution in [3.63, 3.8) is 0 Å². The number of hydrogen-bond donors (Lipinski definition) is 0. The quantitative estimate of drug-likeness (QED) is 0.782. The molecule has 1 fully saturated rings. The zero-order valence-corrected chi connectivity index (χ0v) is 12.0. The molecule has 19 heavy (non-hydrogen) atoms. The number of carbonyl (C=O) groups excluding carboxylic acids is 1. The Bertz CT molecular complexity index is 475. The van der Waals surface area contributed by atoms with Gasteiger partial charge in [0.25, 0.3) is 0 Å². The maximum atomic E-state index is 11.8. The summed E-state index contributed by atoms with van der Waals surface area (Å²) in [6.45, 7) is 2.29. The van der Waals surface area contributed by atoms with Gasteiger partial charge < -0.3 is 0 Å². The number of benzene rings is 1. The first-order valence-corrected chi connectivity index (χ1v) is 7.88. The Morgan fingerprint density at radius 3 is 2.63 bits per heavy atom. The summed E-state index contributed by atoms with van der Waals surface area (Å²) in [6, 6.07) is 7.05. The molecule has 2 atom stereocenters. The summed E-state index contributed by atoms with van der Waals surface area (Å²) in [6.07, 6.45) is 9.29. The summed E-state index contributed by atoms with van der Waals surface area (Å²) < 4.78 is 0. The number of fused-ring (bicyclic) bond motifs is 1. The van der Waals surface area contributed by atoms with Gasteiger partial charge in [-0.1, -0.05) is 25.1 Å². The zero-order chi connectivity index (χ0) is 13.2. The second-order valence-electron chi connectivity index (χ2n) is 6.43. The van der Waals surface area contributed by atoms with Crippen LogP contribution in [0.3, 0.4) is 0 Å². The van der Waals surface area contributed by atoms with Gasteiger partial charge in [-0.3, -0.25) is 4.79 Å². The summed E-state index contributed by atoms with van der Waals surface area (Å²) in [5, 5.41) is 0. The fraction of sp³-hybridized carbons (Fsp3) is 0.611. The van der Waals surface area contributed by atoms with Gasteiger partial charge in [-0.25, -0.2) is 0 Å². The molecule has 102 valence electrons. The largest absolute Gasteiger partial charge is 0.299 e. The molecule has 0 bridgehead atoms. The summed E-state index contributed by atoms with van der Waals surface area (Å²) >= 11 is 0. The normalized spacial score (nSPS) is 24.3. The summed E-state index contributed by atoms with van der Waals surface area (Å²) in [7, 11) is 0. The molecule has 0 radical (unpaired) electrons. The van der Waals surface area contributed by atoms with Crippen LogP contribution >= 0.6 is 0 Å². The number of rotatable bonds is 3. The molecule has 0 amide bonds. The highest BCUT2D eigenvalue weighted by molar-refractivity contribution is 5.82. The van der Waals surface area contributed by atoms with Crippen molar-refractivity contribution >= 4 is 5.78 Å². The summed E-state index contributed by atoms with van der Waals surface area (Å²) in [4.78, 5) is 11.8. The zero-order valence-electron chi connectivity index (χ0n) is 12.0. The standard InChI is InChI=1S/C18H24O/c1-13(11-17-7-4-8-18(17)19)15-10-9-14-5-2-3-6-16(14)12-15/h9-10,12-13,17H,2-8,11H2,1H3. The molecule has 1 aromatic rings. The van der Waals surface area contributed by atoms with Crippen LogP contribution < -0.4 is 0 Å². The molecule has 1 nitrogen and oxygen atoms in total. The van der Waals surface area contributed by atoms with Crippen LogP contribution in [0.5, 0.6) is 0 Å². The van der Waals surface area contributed by atoms with E-state index in [1.165, 1.54) is 31.2 Å². The molecule has 3 rings (SSSR count). The molecule has 0 heterocycles. The third-order valence-electron chi connectivity index (χ3n) is 5.01. The van der Waals surface area contributed by atoms with Crippen LogP contribution in [0.15, 0.2) is 18.2 Å². The fourth-order valence-corrected chi connectivity index (χ4v) is 3.76. The Morgan fingerprint density at radius 1 is 1.11 bits per heavy atom. The van der Waals surface area contributed by atoms with Crippen LogP contribution in [0.1, 0.15) is 68.1 Å². The first-order valence-electron chi connectivity index (χ1n) is 7.88. The molecule has 0 aromatic heterocycles. The molecule has 1 heteroatoms. The van der Waals surface area contributed by atoms with Crippen molar-refractivity contribution in [3.8, 4) is 0 Å². The van der Waals surface area contributed by atoms with Gasteiger partial charge in [0.05, 0.1) is 0 Å². The molecular weight excluding hydrogens is 232 g/mol. The fourth-order valence-electron chi connectivity index (χ4n) is 3.76. The van der Waals surface area contributed by atoms with Crippen molar-refractivity contribution in [3.05, 3.63) is 34.9 Å². The van der Waals surface area contributed by atoms with Crippen LogP contribution in [-0.2, 0) is 17.6 Å². The average molecular weight is 256 g/mol. The molecule has 0 N–H and O–H groups in total. The van der Waals surface area contributed by atoms with Crippen molar-refractivity contribution < 1.29 is 4.79 Å². The topological polar surface area (TPSA) is 17.1 Å². The third kappa shape index (κ3) is 2.75. The third-order valence-corrected chi connectivity index (χ3v) is 5.01. The lowest BCUT2D eigenvalue weighted by Crippen LogP contribution is -2.11. The maximum Gasteiger partial charge on any atom is 0.135 e. The van der Waals surface area contributed by atoms with Gasteiger partial charge in [0.2, 0.25) is 0 Å². The highest BCUT2D eigenvalue weighted by atomic mass is 16.1. The molecule has 0 spiro atoms. The molecule has 2 unspecified atom stereocenters. The van der Waals surface area contributed by atoms with E-state index in [1.807, 2.05) is 0 Å². The molecule has 1 aromatic carbocycles. The van der Waals surface area contributed by atoms with E-state index in [-0.39, 0.29) is 0 Å². The second kappa shape index (κ2) is 5.48. The Kier molecular flexibility index (Phi) is 3.72. The van der Waals surface area contributed by atoms with E-state index in [9.17, 15) is 4.79 Å². The van der Waals surface area contributed by atoms with E-state index in [0.717, 1.165) is 25.7 Å². The van der Waals surface area contributed by atoms with Crippen molar-refractivity contribution in [1.29, 1.82) is 0 Å². The summed E-state index contributed by atoms with van der Waals surface area (Å²) in [5.41, 5.74) is 4.56. The number of carbonyl (C=O) groups is 1. The highest BCUT2D eigenvalue weighted by Gasteiger charge is 2.26. The van der Waals surface area contributed by atoms with Gasteiger partial charge in [-0.05, 0) is 67.6 Å². The maximum absolute atomic E-state index is 11.8. The lowest BCUT2D eigenvalue weighted by Gasteiger charge is -2.20. The van der Waals surface area contributed by atoms with Gasteiger partial charge in [-0.2, -0.15) is 0 Å². The molecule has 2 aliphatic carbocycles. The molecular formula is C18H24O. The second-order valence-corrected chi connectivity index (χ2v) is 6.43. The minimum Gasteiger partial charge on any atom is -0.299 e. The lowest BCUT2D eigenvalue weighted by atomic mass is 9.84. The number of hydrogen-bond acceptors (Lipinski definition) is 1. The number of Topliss-reactive ketones (excluding diaryl/α,β-unsaturated/α-hetero) is 1. The highest BCUT2D eigenvalue weighted by Crippen LogP contribution is 2.33. The first-order chi connectivity index (χ1) is 9.24. The Hall–Kier alpha value is -1.11. The Morgan fingerprint density at radius 2 is 1.89 bits per heavy atom. The first kappa shape index (κ1) is 12.9. The van der Waals surface area contributed by atoms with Crippen LogP contribution in [0.2, 0.25) is 0 Å². The van der Waals surface area contributed by atoms with Gasteiger partial charge in [-0.15, -0.1) is 0 Å². The van der Waals surface area contributed by atoms with Crippen LogP contribution in [0, 0.1) is 5.92 Å². The summed E-state index contributed by atoms with van der Waals surface area (Å²) in [5.74, 6) is 1.37. The number of ketones is 1. The monoisotopic (exact) mass is 256 g/mol. The predicted octanol–water partition coefficient (Wildman–Crippen LogP) is 4.43.